The van der Waals surface area contributed by atoms with E-state index in [2.05, 4.69) is 15.9 Å². The number of rotatable bonds is 3. The summed E-state index contributed by atoms with van der Waals surface area (Å²) in [5.74, 6) is -1.46. The highest BCUT2D eigenvalue weighted by atomic mass is 79.9. The molecule has 134 valence electrons. The quantitative estimate of drug-likeness (QED) is 0.424. The average Bonchev–Trinajstić information content (AvgIpc) is 2.84. The summed E-state index contributed by atoms with van der Waals surface area (Å²) < 4.78 is 5.41. The molecule has 1 heterocycles. The molecule has 1 aliphatic rings. The Morgan fingerprint density at radius 2 is 1.69 bits per heavy atom. The molecule has 0 saturated carbocycles. The number of nitrogens with zero attached hydrogens (tertiary/aromatic N) is 1. The minimum atomic E-state index is -0.684. The lowest BCUT2D eigenvalue weighted by molar-refractivity contribution is 0.00706. The van der Waals surface area contributed by atoms with Gasteiger partial charge in [0.15, 0.2) is 0 Å². The number of benzene rings is 2. The van der Waals surface area contributed by atoms with Gasteiger partial charge in [0, 0.05) is 5.33 Å². The summed E-state index contributed by atoms with van der Waals surface area (Å²) in [6, 6.07) is 11.6. The van der Waals surface area contributed by atoms with Crippen molar-refractivity contribution in [3.8, 4) is 0 Å². The van der Waals surface area contributed by atoms with Crippen LogP contribution in [0.2, 0.25) is 0 Å². The van der Waals surface area contributed by atoms with Crippen LogP contribution in [0.3, 0.4) is 0 Å². The van der Waals surface area contributed by atoms with E-state index in [-0.39, 0.29) is 11.3 Å². The lowest BCUT2D eigenvalue weighted by Gasteiger charge is -2.22. The van der Waals surface area contributed by atoms with Crippen molar-refractivity contribution >= 4 is 39.4 Å². The molecule has 3 rings (SSSR count). The van der Waals surface area contributed by atoms with Gasteiger partial charge < -0.3 is 4.74 Å². The smallest absolute Gasteiger partial charge is 0.340 e. The Hall–Kier alpha value is -2.47. The molecule has 5 nitrogen and oxygen atoms in total. The van der Waals surface area contributed by atoms with Crippen LogP contribution in [0.5, 0.6) is 0 Å². The predicted molar refractivity (Wildman–Crippen MR) is 102 cm³/mol. The van der Waals surface area contributed by atoms with Crippen LogP contribution in [-0.2, 0) is 10.1 Å². The number of anilines is 1. The summed E-state index contributed by atoms with van der Waals surface area (Å²) in [4.78, 5) is 39.3. The molecule has 6 heteroatoms. The highest BCUT2D eigenvalue weighted by Crippen LogP contribution is 2.32. The number of alkyl halides is 1. The van der Waals surface area contributed by atoms with Crippen molar-refractivity contribution in [3.63, 3.8) is 0 Å². The molecule has 0 aliphatic carbocycles. The monoisotopic (exact) mass is 415 g/mol. The van der Waals surface area contributed by atoms with Gasteiger partial charge in [-0.1, -0.05) is 34.1 Å². The first-order valence-corrected chi connectivity index (χ1v) is 9.25. The van der Waals surface area contributed by atoms with Gasteiger partial charge in [0.25, 0.3) is 11.8 Å². The molecule has 1 aliphatic heterocycles. The summed E-state index contributed by atoms with van der Waals surface area (Å²) in [5, 5.41) is 0.580. The molecular weight excluding hydrogens is 398 g/mol. The Balaban J connectivity index is 2.05. The Morgan fingerprint density at radius 1 is 1.04 bits per heavy atom. The van der Waals surface area contributed by atoms with Crippen LogP contribution in [0.15, 0.2) is 42.5 Å². The molecule has 0 atom stereocenters. The number of halogens is 1. The molecular formula is C20H18BrNO4. The lowest BCUT2D eigenvalue weighted by Crippen LogP contribution is -2.32. The third-order valence-electron chi connectivity index (χ3n) is 3.87. The van der Waals surface area contributed by atoms with E-state index in [1.807, 2.05) is 0 Å². The van der Waals surface area contributed by atoms with Crippen LogP contribution < -0.4 is 4.90 Å². The largest absolute Gasteiger partial charge is 0.456 e. The van der Waals surface area contributed by atoms with Crippen molar-refractivity contribution < 1.29 is 19.1 Å². The summed E-state index contributed by atoms with van der Waals surface area (Å²) in [5.41, 5.74) is 1.29. The van der Waals surface area contributed by atoms with E-state index in [1.54, 1.807) is 63.2 Å². The van der Waals surface area contributed by atoms with E-state index in [0.29, 0.717) is 16.5 Å². The van der Waals surface area contributed by atoms with Crippen LogP contribution in [-0.4, -0.2) is 23.4 Å². The SMILES string of the molecule is CC(C)(C)OC(=O)c1ccccc1N1C(=O)c2ccc(CBr)cc2C1=O. The second-order valence-electron chi connectivity index (χ2n) is 6.98. The topological polar surface area (TPSA) is 63.7 Å². The van der Waals surface area contributed by atoms with Crippen molar-refractivity contribution in [2.24, 2.45) is 0 Å². The number of hydrogen-bond donors (Lipinski definition) is 0. The Labute approximate surface area is 160 Å². The van der Waals surface area contributed by atoms with Gasteiger partial charge in [0.2, 0.25) is 0 Å². The Morgan fingerprint density at radius 3 is 2.35 bits per heavy atom. The second kappa shape index (κ2) is 6.68. The van der Waals surface area contributed by atoms with Crippen molar-refractivity contribution in [1.82, 2.24) is 0 Å². The van der Waals surface area contributed by atoms with Crippen molar-refractivity contribution in [2.45, 2.75) is 31.7 Å². The van der Waals surface area contributed by atoms with E-state index in [9.17, 15) is 14.4 Å². The van der Waals surface area contributed by atoms with E-state index in [1.165, 1.54) is 0 Å². The zero-order valence-corrected chi connectivity index (χ0v) is 16.3. The molecule has 0 radical (unpaired) electrons. The zero-order chi connectivity index (χ0) is 19.1. The molecule has 0 bridgehead atoms. The average molecular weight is 416 g/mol. The fraction of sp³-hybridized carbons (Fsp3) is 0.250. The van der Waals surface area contributed by atoms with Gasteiger partial charge in [-0.05, 0) is 50.6 Å². The minimum absolute atomic E-state index is 0.178. The lowest BCUT2D eigenvalue weighted by atomic mass is 10.1. The molecule has 26 heavy (non-hydrogen) atoms. The molecule has 0 unspecified atom stereocenters. The molecule has 0 saturated heterocycles. The van der Waals surface area contributed by atoms with Gasteiger partial charge in [-0.25, -0.2) is 9.69 Å². The van der Waals surface area contributed by atoms with E-state index in [4.69, 9.17) is 4.74 Å². The number of amides is 2. The van der Waals surface area contributed by atoms with Crippen LogP contribution in [0.1, 0.15) is 57.4 Å². The van der Waals surface area contributed by atoms with Crippen LogP contribution in [0, 0.1) is 0 Å². The van der Waals surface area contributed by atoms with Gasteiger partial charge in [-0.3, -0.25) is 9.59 Å². The Bertz CT molecular complexity index is 914. The third kappa shape index (κ3) is 3.29. The normalized spacial score (nSPS) is 13.8. The molecule has 2 amide bonds. The van der Waals surface area contributed by atoms with Gasteiger partial charge in [-0.15, -0.1) is 0 Å². The number of para-hydroxylation sites is 1. The molecule has 2 aromatic carbocycles. The third-order valence-corrected chi connectivity index (χ3v) is 4.52. The van der Waals surface area contributed by atoms with Gasteiger partial charge in [-0.2, -0.15) is 0 Å². The van der Waals surface area contributed by atoms with Crippen LogP contribution in [0.25, 0.3) is 0 Å². The molecule has 0 spiro atoms. The predicted octanol–water partition coefficient (Wildman–Crippen LogP) is 4.34. The highest BCUT2D eigenvalue weighted by Gasteiger charge is 2.38. The number of carbonyl (C=O) groups excluding carboxylic acids is 3. The van der Waals surface area contributed by atoms with Gasteiger partial charge in [0.1, 0.15) is 5.60 Å². The first-order valence-electron chi connectivity index (χ1n) is 8.13. The van der Waals surface area contributed by atoms with Crippen LogP contribution in [0.4, 0.5) is 5.69 Å². The van der Waals surface area contributed by atoms with Crippen molar-refractivity contribution in [2.75, 3.05) is 4.90 Å². The second-order valence-corrected chi connectivity index (χ2v) is 7.54. The summed E-state index contributed by atoms with van der Waals surface area (Å²) in [6.45, 7) is 5.28. The summed E-state index contributed by atoms with van der Waals surface area (Å²) in [7, 11) is 0. The number of imide groups is 1. The highest BCUT2D eigenvalue weighted by molar-refractivity contribution is 9.08. The molecule has 2 aromatic rings. The van der Waals surface area contributed by atoms with Gasteiger partial charge >= 0.3 is 5.97 Å². The fourth-order valence-electron chi connectivity index (χ4n) is 2.76. The summed E-state index contributed by atoms with van der Waals surface area (Å²) >= 11 is 3.35. The molecule has 0 aromatic heterocycles. The standard InChI is InChI=1S/C20H18BrNO4/c1-20(2,3)26-19(25)14-6-4-5-7-16(14)22-17(23)13-9-8-12(11-21)10-15(13)18(22)24/h4-10H,11H2,1-3H3. The summed E-state index contributed by atoms with van der Waals surface area (Å²) in [6.07, 6.45) is 0. The van der Waals surface area contributed by atoms with E-state index < -0.39 is 23.4 Å². The number of ether oxygens (including phenoxy) is 1. The maximum absolute atomic E-state index is 12.9. The first kappa shape index (κ1) is 18.3. The van der Waals surface area contributed by atoms with E-state index >= 15 is 0 Å². The maximum atomic E-state index is 12.9. The number of hydrogen-bond acceptors (Lipinski definition) is 4. The molecule has 0 fully saturated rings. The maximum Gasteiger partial charge on any atom is 0.340 e. The van der Waals surface area contributed by atoms with Crippen molar-refractivity contribution in [3.05, 3.63) is 64.7 Å². The Kier molecular flexibility index (Phi) is 4.71. The van der Waals surface area contributed by atoms with E-state index in [0.717, 1.165) is 10.5 Å². The van der Waals surface area contributed by atoms with Crippen LogP contribution >= 0.6 is 15.9 Å². The number of fused-ring (bicyclic) bond motifs is 1. The van der Waals surface area contributed by atoms with Crippen molar-refractivity contribution in [1.29, 1.82) is 0 Å². The minimum Gasteiger partial charge on any atom is -0.456 e. The zero-order valence-electron chi connectivity index (χ0n) is 14.7. The number of carbonyl (C=O) groups is 3. The fourth-order valence-corrected chi connectivity index (χ4v) is 3.11. The first-order chi connectivity index (χ1) is 12.2. The molecule has 0 N–H and O–H groups in total. The van der Waals surface area contributed by atoms with Gasteiger partial charge in [0.05, 0.1) is 22.4 Å². The number of esters is 1.